The monoisotopic (exact) mass is 260 g/mol. The standard InChI is InChI=1S/C9H6Cl2N2OS/c1-5(14)13-6-2-3-7(15-4-12)9(11)8(6)10/h2-3H,1H3,(H,13,14). The lowest BCUT2D eigenvalue weighted by Gasteiger charge is -2.08. The third-order valence-corrected chi connectivity index (χ3v) is 3.16. The Hall–Kier alpha value is -0.890. The van der Waals surface area contributed by atoms with E-state index >= 15 is 0 Å². The lowest BCUT2D eigenvalue weighted by Crippen LogP contribution is -2.06. The maximum absolute atomic E-state index is 10.8. The molecular formula is C9H6Cl2N2OS. The predicted molar refractivity (Wildman–Crippen MR) is 62.2 cm³/mol. The summed E-state index contributed by atoms with van der Waals surface area (Å²) in [5.41, 5.74) is 0.441. The largest absolute Gasteiger partial charge is 0.325 e. The Morgan fingerprint density at radius 2 is 2.13 bits per heavy atom. The summed E-state index contributed by atoms with van der Waals surface area (Å²) in [7, 11) is 0. The van der Waals surface area contributed by atoms with Crippen LogP contribution >= 0.6 is 35.0 Å². The molecule has 0 heterocycles. The number of rotatable bonds is 2. The number of carbonyl (C=O) groups is 1. The van der Waals surface area contributed by atoms with Crippen LogP contribution in [0, 0.1) is 10.7 Å². The zero-order valence-corrected chi connectivity index (χ0v) is 10.0. The fourth-order valence-electron chi connectivity index (χ4n) is 0.946. The fourth-order valence-corrected chi connectivity index (χ4v) is 1.92. The SMILES string of the molecule is CC(=O)Nc1ccc(SC#N)c(Cl)c1Cl. The summed E-state index contributed by atoms with van der Waals surface area (Å²) in [6.07, 6.45) is 0. The number of hydrogen-bond donors (Lipinski definition) is 1. The molecule has 0 bridgehead atoms. The highest BCUT2D eigenvalue weighted by Crippen LogP contribution is 2.37. The van der Waals surface area contributed by atoms with E-state index in [1.54, 1.807) is 12.1 Å². The molecule has 0 saturated heterocycles. The smallest absolute Gasteiger partial charge is 0.221 e. The number of hydrogen-bond acceptors (Lipinski definition) is 3. The van der Waals surface area contributed by atoms with Crippen molar-refractivity contribution < 1.29 is 4.79 Å². The van der Waals surface area contributed by atoms with Crippen molar-refractivity contribution in [2.45, 2.75) is 11.8 Å². The van der Waals surface area contributed by atoms with Crippen LogP contribution in [-0.2, 0) is 4.79 Å². The average Bonchev–Trinajstić information content (AvgIpc) is 2.17. The number of nitrogens with zero attached hydrogens (tertiary/aromatic N) is 1. The van der Waals surface area contributed by atoms with E-state index in [0.29, 0.717) is 10.6 Å². The van der Waals surface area contributed by atoms with Crippen molar-refractivity contribution >= 4 is 46.6 Å². The molecule has 0 fully saturated rings. The van der Waals surface area contributed by atoms with Crippen molar-refractivity contribution in [3.8, 4) is 5.40 Å². The van der Waals surface area contributed by atoms with E-state index in [-0.39, 0.29) is 16.0 Å². The van der Waals surface area contributed by atoms with Gasteiger partial charge in [0.2, 0.25) is 5.91 Å². The van der Waals surface area contributed by atoms with Crippen LogP contribution in [-0.4, -0.2) is 5.91 Å². The van der Waals surface area contributed by atoms with Crippen molar-refractivity contribution in [2.75, 3.05) is 5.32 Å². The van der Waals surface area contributed by atoms with Gasteiger partial charge in [0.1, 0.15) is 5.40 Å². The van der Waals surface area contributed by atoms with Crippen molar-refractivity contribution in [3.05, 3.63) is 22.2 Å². The third-order valence-electron chi connectivity index (χ3n) is 1.51. The molecule has 0 aliphatic rings. The molecule has 3 nitrogen and oxygen atoms in total. The van der Waals surface area contributed by atoms with Gasteiger partial charge in [-0.05, 0) is 23.9 Å². The molecule has 0 aliphatic heterocycles. The van der Waals surface area contributed by atoms with Crippen molar-refractivity contribution in [3.63, 3.8) is 0 Å². The second-order valence-corrected chi connectivity index (χ2v) is 4.20. The molecule has 0 radical (unpaired) electrons. The Labute approximate surface area is 101 Å². The van der Waals surface area contributed by atoms with Gasteiger partial charge < -0.3 is 5.32 Å². The minimum atomic E-state index is -0.228. The second-order valence-electron chi connectivity index (χ2n) is 2.61. The van der Waals surface area contributed by atoms with Gasteiger partial charge in [0.25, 0.3) is 0 Å². The van der Waals surface area contributed by atoms with E-state index in [2.05, 4.69) is 5.32 Å². The summed E-state index contributed by atoms with van der Waals surface area (Å²) >= 11 is 12.7. The quantitative estimate of drug-likeness (QED) is 0.654. The number of thiocyanates is 1. The van der Waals surface area contributed by atoms with Gasteiger partial charge in [-0.2, -0.15) is 5.26 Å². The Morgan fingerprint density at radius 1 is 1.47 bits per heavy atom. The highest BCUT2D eigenvalue weighted by molar-refractivity contribution is 8.03. The van der Waals surface area contributed by atoms with Gasteiger partial charge in [0.15, 0.2) is 0 Å². The Bertz CT molecular complexity index is 442. The molecule has 1 aromatic rings. The first-order valence-corrected chi connectivity index (χ1v) is 5.45. The molecule has 0 spiro atoms. The maximum Gasteiger partial charge on any atom is 0.221 e. The first-order chi connectivity index (χ1) is 7.06. The summed E-state index contributed by atoms with van der Waals surface area (Å²) in [6.45, 7) is 1.38. The van der Waals surface area contributed by atoms with Gasteiger partial charge in [-0.1, -0.05) is 23.2 Å². The third kappa shape index (κ3) is 3.03. The van der Waals surface area contributed by atoms with Gasteiger partial charge in [-0.25, -0.2) is 0 Å². The van der Waals surface area contributed by atoms with Crippen molar-refractivity contribution in [1.82, 2.24) is 0 Å². The number of benzene rings is 1. The van der Waals surface area contributed by atoms with Crippen LogP contribution in [0.5, 0.6) is 0 Å². The van der Waals surface area contributed by atoms with E-state index in [1.807, 2.05) is 5.40 Å². The van der Waals surface area contributed by atoms with Gasteiger partial charge in [-0.3, -0.25) is 4.79 Å². The Morgan fingerprint density at radius 3 is 2.67 bits per heavy atom. The van der Waals surface area contributed by atoms with Crippen LogP contribution in [0.2, 0.25) is 10.0 Å². The molecular weight excluding hydrogens is 255 g/mol. The van der Waals surface area contributed by atoms with Gasteiger partial charge in [0, 0.05) is 11.8 Å². The van der Waals surface area contributed by atoms with Crippen LogP contribution in [0.3, 0.4) is 0 Å². The average molecular weight is 261 g/mol. The lowest BCUT2D eigenvalue weighted by atomic mass is 10.3. The minimum absolute atomic E-state index is 0.228. The minimum Gasteiger partial charge on any atom is -0.325 e. The van der Waals surface area contributed by atoms with Crippen LogP contribution in [0.4, 0.5) is 5.69 Å². The summed E-state index contributed by atoms with van der Waals surface area (Å²) in [5, 5.41) is 13.4. The highest BCUT2D eigenvalue weighted by Gasteiger charge is 2.10. The topological polar surface area (TPSA) is 52.9 Å². The number of amides is 1. The molecule has 0 saturated carbocycles. The first-order valence-electron chi connectivity index (χ1n) is 3.87. The molecule has 15 heavy (non-hydrogen) atoms. The van der Waals surface area contributed by atoms with Crippen molar-refractivity contribution in [1.29, 1.82) is 5.26 Å². The normalized spacial score (nSPS) is 9.47. The van der Waals surface area contributed by atoms with Crippen LogP contribution in [0.15, 0.2) is 17.0 Å². The van der Waals surface area contributed by atoms with E-state index in [4.69, 9.17) is 28.5 Å². The van der Waals surface area contributed by atoms with E-state index in [9.17, 15) is 4.79 Å². The molecule has 0 unspecified atom stereocenters. The van der Waals surface area contributed by atoms with Crippen LogP contribution < -0.4 is 5.32 Å². The Kier molecular flexibility index (Phi) is 4.28. The molecule has 0 aromatic heterocycles. The highest BCUT2D eigenvalue weighted by atomic mass is 35.5. The molecule has 1 N–H and O–H groups in total. The molecule has 0 atom stereocenters. The lowest BCUT2D eigenvalue weighted by molar-refractivity contribution is -0.114. The summed E-state index contributed by atoms with van der Waals surface area (Å²) in [5.74, 6) is -0.228. The zero-order chi connectivity index (χ0) is 11.4. The molecule has 1 aromatic carbocycles. The molecule has 6 heteroatoms. The number of halogens is 2. The molecule has 78 valence electrons. The Balaban J connectivity index is 3.10. The number of anilines is 1. The number of carbonyl (C=O) groups excluding carboxylic acids is 1. The predicted octanol–water partition coefficient (Wildman–Crippen LogP) is 3.52. The summed E-state index contributed by atoms with van der Waals surface area (Å²) in [6, 6.07) is 3.24. The van der Waals surface area contributed by atoms with E-state index in [1.165, 1.54) is 6.92 Å². The van der Waals surface area contributed by atoms with Crippen LogP contribution in [0.25, 0.3) is 0 Å². The zero-order valence-electron chi connectivity index (χ0n) is 7.67. The number of nitrogens with one attached hydrogen (secondary N) is 1. The molecule has 1 rings (SSSR count). The van der Waals surface area contributed by atoms with E-state index < -0.39 is 0 Å². The van der Waals surface area contributed by atoms with Gasteiger partial charge in [-0.15, -0.1) is 0 Å². The van der Waals surface area contributed by atoms with Gasteiger partial charge in [0.05, 0.1) is 15.7 Å². The molecule has 1 amide bonds. The first kappa shape index (κ1) is 12.2. The number of thioether (sulfide) groups is 1. The summed E-state index contributed by atoms with van der Waals surface area (Å²) < 4.78 is 0. The van der Waals surface area contributed by atoms with Crippen molar-refractivity contribution in [2.24, 2.45) is 0 Å². The fraction of sp³-hybridized carbons (Fsp3) is 0.111. The second kappa shape index (κ2) is 5.26. The van der Waals surface area contributed by atoms with Crippen LogP contribution in [0.1, 0.15) is 6.92 Å². The van der Waals surface area contributed by atoms with E-state index in [0.717, 1.165) is 11.8 Å². The summed E-state index contributed by atoms with van der Waals surface area (Å²) in [4.78, 5) is 11.4. The number of nitriles is 1. The molecule has 0 aliphatic carbocycles. The van der Waals surface area contributed by atoms with Gasteiger partial charge >= 0.3 is 0 Å². The maximum atomic E-state index is 10.8.